The number of rotatable bonds is 3. The lowest BCUT2D eigenvalue weighted by molar-refractivity contribution is -0.145. The summed E-state index contributed by atoms with van der Waals surface area (Å²) in [6, 6.07) is 5.01. The highest BCUT2D eigenvalue weighted by Crippen LogP contribution is 2.24. The fraction of sp³-hybridized carbons (Fsp3) is 0.500. The molecule has 1 aromatic carbocycles. The first-order valence-corrected chi connectivity index (χ1v) is 8.23. The molecule has 1 fully saturated rings. The molecule has 1 heterocycles. The summed E-state index contributed by atoms with van der Waals surface area (Å²) in [5, 5.41) is 3.21. The molecule has 23 heavy (non-hydrogen) atoms. The van der Waals surface area contributed by atoms with E-state index in [-0.39, 0.29) is 23.6 Å². The average molecular weight is 386 g/mol. The predicted octanol–water partition coefficient (Wildman–Crippen LogP) is 2.40. The summed E-state index contributed by atoms with van der Waals surface area (Å²) in [7, 11) is 3.10. The first kappa shape index (κ1) is 17.7. The molecule has 0 saturated carbocycles. The Hall–Kier alpha value is -1.63. The van der Waals surface area contributed by atoms with E-state index in [0.717, 1.165) is 12.1 Å². The number of benzene rings is 1. The van der Waals surface area contributed by atoms with Gasteiger partial charge in [0.25, 0.3) is 0 Å². The van der Waals surface area contributed by atoms with Gasteiger partial charge in [0.2, 0.25) is 0 Å². The van der Waals surface area contributed by atoms with Gasteiger partial charge in [-0.1, -0.05) is 13.0 Å². The second-order valence-electron chi connectivity index (χ2n) is 5.66. The maximum atomic E-state index is 13.6. The van der Waals surface area contributed by atoms with Gasteiger partial charge in [-0.2, -0.15) is 0 Å². The van der Waals surface area contributed by atoms with Gasteiger partial charge in [-0.15, -0.1) is 0 Å². The predicted molar refractivity (Wildman–Crippen MR) is 90.5 cm³/mol. The molecule has 0 aromatic heterocycles. The molecule has 0 amide bonds. The van der Waals surface area contributed by atoms with E-state index in [4.69, 9.17) is 4.74 Å². The van der Waals surface area contributed by atoms with Crippen molar-refractivity contribution >= 4 is 27.9 Å². The quantitative estimate of drug-likeness (QED) is 0.493. The number of carbonyl (C=O) groups is 1. The van der Waals surface area contributed by atoms with E-state index in [1.54, 1.807) is 13.1 Å². The van der Waals surface area contributed by atoms with Crippen molar-refractivity contribution in [3.05, 3.63) is 34.1 Å². The number of esters is 1. The van der Waals surface area contributed by atoms with Crippen LogP contribution in [0.15, 0.2) is 27.7 Å². The number of ether oxygens (including phenoxy) is 1. The Bertz CT molecular complexity index is 609. The Morgan fingerprint density at radius 2 is 2.26 bits per heavy atom. The van der Waals surface area contributed by atoms with E-state index in [2.05, 4.69) is 26.2 Å². The molecular weight excluding hydrogens is 365 g/mol. The zero-order valence-corrected chi connectivity index (χ0v) is 15.1. The number of guanidine groups is 1. The van der Waals surface area contributed by atoms with Crippen LogP contribution < -0.4 is 5.32 Å². The Morgan fingerprint density at radius 1 is 1.52 bits per heavy atom. The van der Waals surface area contributed by atoms with Crippen LogP contribution in [0.4, 0.5) is 4.39 Å². The van der Waals surface area contributed by atoms with Crippen molar-refractivity contribution in [1.82, 2.24) is 10.2 Å². The lowest BCUT2D eigenvalue weighted by Crippen LogP contribution is -2.40. The zero-order chi connectivity index (χ0) is 17.0. The van der Waals surface area contributed by atoms with Gasteiger partial charge in [0.15, 0.2) is 5.96 Å². The molecule has 5 nitrogen and oxygen atoms in total. The molecule has 2 rings (SSSR count). The number of hydrogen-bond acceptors (Lipinski definition) is 3. The molecule has 0 radical (unpaired) electrons. The molecule has 2 atom stereocenters. The first-order chi connectivity index (χ1) is 11.0. The van der Waals surface area contributed by atoms with Crippen molar-refractivity contribution < 1.29 is 13.9 Å². The molecular formula is C16H21BrFN3O2. The van der Waals surface area contributed by atoms with E-state index in [1.807, 2.05) is 17.9 Å². The van der Waals surface area contributed by atoms with Gasteiger partial charge < -0.3 is 15.0 Å². The van der Waals surface area contributed by atoms with Crippen molar-refractivity contribution in [2.24, 2.45) is 16.8 Å². The molecule has 0 spiro atoms. The Balaban J connectivity index is 1.98. The fourth-order valence-corrected chi connectivity index (χ4v) is 3.01. The average Bonchev–Trinajstić information content (AvgIpc) is 2.92. The molecule has 126 valence electrons. The van der Waals surface area contributed by atoms with Crippen LogP contribution in [0, 0.1) is 17.7 Å². The molecule has 0 bridgehead atoms. The Labute approximate surface area is 144 Å². The van der Waals surface area contributed by atoms with Crippen LogP contribution >= 0.6 is 15.9 Å². The summed E-state index contributed by atoms with van der Waals surface area (Å²) in [6.07, 6.45) is 0. The van der Waals surface area contributed by atoms with Gasteiger partial charge in [-0.05, 0) is 39.5 Å². The number of hydrogen-bond donors (Lipinski definition) is 1. The number of nitrogens with zero attached hydrogens (tertiary/aromatic N) is 2. The maximum Gasteiger partial charge on any atom is 0.310 e. The highest BCUT2D eigenvalue weighted by atomic mass is 79.9. The van der Waals surface area contributed by atoms with Crippen LogP contribution in [0.5, 0.6) is 0 Å². The standard InChI is InChI=1S/C16H21BrFN3O2/c1-10-8-21(9-12(10)15(22)23-3)16(19-2)20-7-11-4-5-13(17)14(18)6-11/h4-6,10,12H,7-9H2,1-3H3,(H,19,20). The van der Waals surface area contributed by atoms with Crippen LogP contribution in [0.3, 0.4) is 0 Å². The summed E-state index contributed by atoms with van der Waals surface area (Å²) in [5.74, 6) is 0.270. The van der Waals surface area contributed by atoms with Crippen LogP contribution in [0.2, 0.25) is 0 Å². The largest absolute Gasteiger partial charge is 0.469 e. The fourth-order valence-electron chi connectivity index (χ4n) is 2.76. The van der Waals surface area contributed by atoms with Crippen molar-refractivity contribution in [1.29, 1.82) is 0 Å². The zero-order valence-electron chi connectivity index (χ0n) is 13.5. The topological polar surface area (TPSA) is 53.9 Å². The molecule has 1 N–H and O–H groups in total. The first-order valence-electron chi connectivity index (χ1n) is 7.43. The number of methoxy groups -OCH3 is 1. The molecule has 0 aliphatic carbocycles. The number of carbonyl (C=O) groups excluding carboxylic acids is 1. The van der Waals surface area contributed by atoms with Gasteiger partial charge in [-0.25, -0.2) is 4.39 Å². The SMILES string of the molecule is CN=C(NCc1ccc(Br)c(F)c1)N1CC(C)C(C(=O)OC)C1. The maximum absolute atomic E-state index is 13.6. The third kappa shape index (κ3) is 4.22. The van der Waals surface area contributed by atoms with Crippen LogP contribution in [0.25, 0.3) is 0 Å². The minimum atomic E-state index is -0.292. The number of aliphatic imine (C=N–C) groups is 1. The third-order valence-corrected chi connectivity index (χ3v) is 4.71. The van der Waals surface area contributed by atoms with Crippen molar-refractivity contribution in [2.75, 3.05) is 27.2 Å². The Morgan fingerprint density at radius 3 is 2.87 bits per heavy atom. The van der Waals surface area contributed by atoms with E-state index >= 15 is 0 Å². The van der Waals surface area contributed by atoms with E-state index in [0.29, 0.717) is 23.5 Å². The second-order valence-corrected chi connectivity index (χ2v) is 6.52. The van der Waals surface area contributed by atoms with E-state index in [9.17, 15) is 9.18 Å². The number of halogens is 2. The summed E-state index contributed by atoms with van der Waals surface area (Å²) in [5.41, 5.74) is 0.823. The van der Waals surface area contributed by atoms with Crippen LogP contribution in [-0.2, 0) is 16.1 Å². The molecule has 2 unspecified atom stereocenters. The Kier molecular flexibility index (Phi) is 5.98. The van der Waals surface area contributed by atoms with E-state index < -0.39 is 0 Å². The smallest absolute Gasteiger partial charge is 0.310 e. The third-order valence-electron chi connectivity index (χ3n) is 4.06. The normalized spacial score (nSPS) is 21.4. The van der Waals surface area contributed by atoms with Gasteiger partial charge in [-0.3, -0.25) is 9.79 Å². The number of likely N-dealkylation sites (tertiary alicyclic amines) is 1. The van der Waals surface area contributed by atoms with Crippen LogP contribution in [-0.4, -0.2) is 44.1 Å². The highest BCUT2D eigenvalue weighted by molar-refractivity contribution is 9.10. The van der Waals surface area contributed by atoms with Crippen molar-refractivity contribution in [2.45, 2.75) is 13.5 Å². The monoisotopic (exact) mass is 385 g/mol. The second kappa shape index (κ2) is 7.77. The van der Waals surface area contributed by atoms with Gasteiger partial charge in [0.1, 0.15) is 5.82 Å². The van der Waals surface area contributed by atoms with Crippen molar-refractivity contribution in [3.8, 4) is 0 Å². The lowest BCUT2D eigenvalue weighted by atomic mass is 9.99. The minimum Gasteiger partial charge on any atom is -0.469 e. The molecule has 7 heteroatoms. The lowest BCUT2D eigenvalue weighted by Gasteiger charge is -2.21. The molecule has 1 saturated heterocycles. The summed E-state index contributed by atoms with van der Waals surface area (Å²) >= 11 is 3.14. The summed E-state index contributed by atoms with van der Waals surface area (Å²) < 4.78 is 18.8. The van der Waals surface area contributed by atoms with Gasteiger partial charge in [0, 0.05) is 26.7 Å². The molecule has 1 aliphatic heterocycles. The number of nitrogens with one attached hydrogen (secondary N) is 1. The highest BCUT2D eigenvalue weighted by Gasteiger charge is 2.36. The molecule has 1 aromatic rings. The van der Waals surface area contributed by atoms with Crippen molar-refractivity contribution in [3.63, 3.8) is 0 Å². The molecule has 1 aliphatic rings. The van der Waals surface area contributed by atoms with Gasteiger partial charge in [0.05, 0.1) is 17.5 Å². The summed E-state index contributed by atoms with van der Waals surface area (Å²) in [4.78, 5) is 18.1. The van der Waals surface area contributed by atoms with Crippen LogP contribution in [0.1, 0.15) is 12.5 Å². The van der Waals surface area contributed by atoms with E-state index in [1.165, 1.54) is 13.2 Å². The summed E-state index contributed by atoms with van der Waals surface area (Å²) in [6.45, 7) is 3.79. The minimum absolute atomic E-state index is 0.149. The van der Waals surface area contributed by atoms with Gasteiger partial charge >= 0.3 is 5.97 Å².